The van der Waals surface area contributed by atoms with E-state index in [1.165, 1.54) is 12.1 Å². The van der Waals surface area contributed by atoms with Gasteiger partial charge in [0.1, 0.15) is 11.5 Å². The fourth-order valence-corrected chi connectivity index (χ4v) is 3.77. The minimum absolute atomic E-state index is 0.0944. The number of pyridine rings is 1. The molecule has 1 aromatic carbocycles. The number of hydrogen-bond acceptors (Lipinski definition) is 4. The molecule has 0 spiro atoms. The van der Waals surface area contributed by atoms with Crippen LogP contribution in [0, 0.1) is 6.92 Å². The highest BCUT2D eigenvalue weighted by molar-refractivity contribution is 7.90. The van der Waals surface area contributed by atoms with E-state index in [0.29, 0.717) is 23.6 Å². The van der Waals surface area contributed by atoms with Crippen LogP contribution in [0.3, 0.4) is 0 Å². The molecule has 2 heterocycles. The minimum Gasteiger partial charge on any atom is -0.362 e. The number of amides is 1. The zero-order valence-corrected chi connectivity index (χ0v) is 15.5. The lowest BCUT2D eigenvalue weighted by Gasteiger charge is -2.11. The SMILES string of the molecule is Cc1cccc(C(=O)Nc2ccc(S(=O)(=O)/N=C3\CCCN3C)cc2)n1. The van der Waals surface area contributed by atoms with Crippen LogP contribution >= 0.6 is 0 Å². The predicted octanol–water partition coefficient (Wildman–Crippen LogP) is 2.46. The first-order valence-electron chi connectivity index (χ1n) is 8.25. The van der Waals surface area contributed by atoms with Crippen LogP contribution in [0.25, 0.3) is 0 Å². The second-order valence-electron chi connectivity index (χ2n) is 6.15. The Bertz CT molecular complexity index is 953. The van der Waals surface area contributed by atoms with Crippen molar-refractivity contribution in [1.82, 2.24) is 9.88 Å². The van der Waals surface area contributed by atoms with E-state index in [0.717, 1.165) is 18.7 Å². The van der Waals surface area contributed by atoms with E-state index >= 15 is 0 Å². The second-order valence-corrected chi connectivity index (χ2v) is 7.75. The molecular formula is C18H20N4O3S. The van der Waals surface area contributed by atoms with Crippen LogP contribution in [0.2, 0.25) is 0 Å². The lowest BCUT2D eigenvalue weighted by Crippen LogP contribution is -2.20. The quantitative estimate of drug-likeness (QED) is 0.890. The predicted molar refractivity (Wildman–Crippen MR) is 99.9 cm³/mol. The first kappa shape index (κ1) is 18.1. The number of nitrogens with zero attached hydrogens (tertiary/aromatic N) is 3. The number of anilines is 1. The van der Waals surface area contributed by atoms with E-state index in [4.69, 9.17) is 0 Å². The molecule has 136 valence electrons. The van der Waals surface area contributed by atoms with Crippen molar-refractivity contribution in [2.24, 2.45) is 4.40 Å². The molecule has 1 N–H and O–H groups in total. The van der Waals surface area contributed by atoms with Crippen LogP contribution in [-0.2, 0) is 10.0 Å². The zero-order valence-electron chi connectivity index (χ0n) is 14.6. The number of carbonyl (C=O) groups is 1. The van der Waals surface area contributed by atoms with E-state index in [9.17, 15) is 13.2 Å². The van der Waals surface area contributed by atoms with Crippen molar-refractivity contribution in [2.45, 2.75) is 24.7 Å². The van der Waals surface area contributed by atoms with Crippen LogP contribution in [0.5, 0.6) is 0 Å². The number of aryl methyl sites for hydroxylation is 1. The highest BCUT2D eigenvalue weighted by Crippen LogP contribution is 2.19. The number of nitrogens with one attached hydrogen (secondary N) is 1. The van der Waals surface area contributed by atoms with E-state index < -0.39 is 10.0 Å². The Morgan fingerprint density at radius 1 is 1.19 bits per heavy atom. The van der Waals surface area contributed by atoms with Crippen molar-refractivity contribution < 1.29 is 13.2 Å². The smallest absolute Gasteiger partial charge is 0.283 e. The summed E-state index contributed by atoms with van der Waals surface area (Å²) in [5.74, 6) is 0.227. The Balaban J connectivity index is 1.75. The van der Waals surface area contributed by atoms with Gasteiger partial charge in [-0.2, -0.15) is 8.42 Å². The molecule has 1 aromatic heterocycles. The van der Waals surface area contributed by atoms with E-state index in [-0.39, 0.29) is 10.8 Å². The van der Waals surface area contributed by atoms with Gasteiger partial charge in [0.15, 0.2) is 0 Å². The summed E-state index contributed by atoms with van der Waals surface area (Å²) in [6.07, 6.45) is 1.57. The van der Waals surface area contributed by atoms with Gasteiger partial charge in [0.05, 0.1) is 4.90 Å². The molecule has 7 nitrogen and oxygen atoms in total. The third kappa shape index (κ3) is 4.08. The summed E-state index contributed by atoms with van der Waals surface area (Å²) < 4.78 is 28.8. The van der Waals surface area contributed by atoms with Crippen molar-refractivity contribution in [2.75, 3.05) is 18.9 Å². The summed E-state index contributed by atoms with van der Waals surface area (Å²) in [5.41, 5.74) is 1.54. The number of hydrogen-bond donors (Lipinski definition) is 1. The number of amidine groups is 1. The molecule has 0 aliphatic carbocycles. The standard InChI is InChI=1S/C18H20N4O3S/c1-13-5-3-6-16(19-13)18(23)20-14-8-10-15(11-9-14)26(24,25)21-17-7-4-12-22(17)2/h3,5-6,8-11H,4,7,12H2,1-2H3,(H,20,23)/b21-17+. The summed E-state index contributed by atoms with van der Waals surface area (Å²) in [7, 11) is -1.93. The number of benzene rings is 1. The number of likely N-dealkylation sites (tertiary alicyclic amines) is 1. The summed E-state index contributed by atoms with van der Waals surface area (Å²) in [6.45, 7) is 2.62. The van der Waals surface area contributed by atoms with Crippen molar-refractivity contribution in [3.63, 3.8) is 0 Å². The van der Waals surface area contributed by atoms with Crippen molar-refractivity contribution >= 4 is 27.5 Å². The van der Waals surface area contributed by atoms with Crippen molar-refractivity contribution in [3.8, 4) is 0 Å². The third-order valence-electron chi connectivity index (χ3n) is 4.09. The Kier molecular flexibility index (Phi) is 5.03. The monoisotopic (exact) mass is 372 g/mol. The van der Waals surface area contributed by atoms with Crippen molar-refractivity contribution in [3.05, 3.63) is 53.9 Å². The van der Waals surface area contributed by atoms with E-state index in [1.807, 2.05) is 11.9 Å². The van der Waals surface area contributed by atoms with Crippen molar-refractivity contribution in [1.29, 1.82) is 0 Å². The molecular weight excluding hydrogens is 352 g/mol. The third-order valence-corrected chi connectivity index (χ3v) is 5.41. The molecule has 1 aliphatic heterocycles. The van der Waals surface area contributed by atoms with Gasteiger partial charge in [0, 0.05) is 31.4 Å². The lowest BCUT2D eigenvalue weighted by atomic mass is 10.2. The Labute approximate surface area is 152 Å². The molecule has 0 atom stereocenters. The summed E-state index contributed by atoms with van der Waals surface area (Å²) in [6, 6.07) is 11.1. The molecule has 1 amide bonds. The molecule has 1 fully saturated rings. The van der Waals surface area contributed by atoms with Crippen LogP contribution < -0.4 is 5.32 Å². The fraction of sp³-hybridized carbons (Fsp3) is 0.278. The maximum absolute atomic E-state index is 12.4. The average Bonchev–Trinajstić information content (AvgIpc) is 2.99. The van der Waals surface area contributed by atoms with Gasteiger partial charge in [-0.15, -0.1) is 4.40 Å². The molecule has 0 radical (unpaired) electrons. The van der Waals surface area contributed by atoms with Gasteiger partial charge in [-0.1, -0.05) is 6.07 Å². The summed E-state index contributed by atoms with van der Waals surface area (Å²) >= 11 is 0. The maximum atomic E-state index is 12.4. The van der Waals surface area contributed by atoms with Gasteiger partial charge in [-0.25, -0.2) is 4.98 Å². The van der Waals surface area contributed by atoms with E-state index in [1.54, 1.807) is 37.3 Å². The molecule has 2 aromatic rings. The highest BCUT2D eigenvalue weighted by Gasteiger charge is 2.20. The highest BCUT2D eigenvalue weighted by atomic mass is 32.2. The van der Waals surface area contributed by atoms with Gasteiger partial charge in [-0.3, -0.25) is 4.79 Å². The second kappa shape index (κ2) is 7.25. The number of rotatable bonds is 4. The minimum atomic E-state index is -3.76. The first-order valence-corrected chi connectivity index (χ1v) is 9.69. The maximum Gasteiger partial charge on any atom is 0.283 e. The number of carbonyl (C=O) groups excluding carboxylic acids is 1. The normalized spacial score (nSPS) is 16.1. The van der Waals surface area contributed by atoms with Crippen LogP contribution in [0.15, 0.2) is 51.8 Å². The van der Waals surface area contributed by atoms with Crippen LogP contribution in [0.4, 0.5) is 5.69 Å². The van der Waals surface area contributed by atoms with Gasteiger partial charge < -0.3 is 10.2 Å². The van der Waals surface area contributed by atoms with Gasteiger partial charge in [0.2, 0.25) is 0 Å². The molecule has 3 rings (SSSR count). The van der Waals surface area contributed by atoms with E-state index in [2.05, 4.69) is 14.7 Å². The molecule has 1 aliphatic rings. The first-order chi connectivity index (χ1) is 12.3. The molecule has 26 heavy (non-hydrogen) atoms. The number of aromatic nitrogens is 1. The largest absolute Gasteiger partial charge is 0.362 e. The molecule has 8 heteroatoms. The van der Waals surface area contributed by atoms with Gasteiger partial charge in [0.25, 0.3) is 15.9 Å². The lowest BCUT2D eigenvalue weighted by molar-refractivity contribution is 0.102. The topological polar surface area (TPSA) is 91.7 Å². The summed E-state index contributed by atoms with van der Waals surface area (Å²) in [4.78, 5) is 18.3. The Morgan fingerprint density at radius 3 is 2.54 bits per heavy atom. The van der Waals surface area contributed by atoms with Crippen LogP contribution in [-0.4, -0.2) is 43.6 Å². The Morgan fingerprint density at radius 2 is 1.92 bits per heavy atom. The zero-order chi connectivity index (χ0) is 18.7. The number of sulfonamides is 1. The average molecular weight is 372 g/mol. The fourth-order valence-electron chi connectivity index (χ4n) is 2.68. The van der Waals surface area contributed by atoms with Crippen LogP contribution in [0.1, 0.15) is 29.0 Å². The summed E-state index contributed by atoms with van der Waals surface area (Å²) in [5, 5.41) is 2.70. The van der Waals surface area contributed by atoms with Gasteiger partial charge >= 0.3 is 0 Å². The molecule has 0 unspecified atom stereocenters. The molecule has 0 bridgehead atoms. The molecule has 0 saturated carbocycles. The Hall–Kier alpha value is -2.74. The molecule has 1 saturated heterocycles. The van der Waals surface area contributed by atoms with Gasteiger partial charge in [-0.05, 0) is 49.7 Å².